The Morgan fingerprint density at radius 2 is 1.88 bits per heavy atom. The van der Waals surface area contributed by atoms with Crippen molar-refractivity contribution in [3.05, 3.63) is 65.5 Å². The summed E-state index contributed by atoms with van der Waals surface area (Å²) in [7, 11) is 1.60. The molecule has 0 radical (unpaired) electrons. The average Bonchev–Trinajstić information content (AvgIpc) is 3.39. The molecule has 7 heteroatoms. The van der Waals surface area contributed by atoms with Crippen molar-refractivity contribution in [2.45, 2.75) is 51.5 Å². The summed E-state index contributed by atoms with van der Waals surface area (Å²) in [5.41, 5.74) is 2.51. The molecule has 1 aromatic heterocycles. The molecular weight excluding hydrogens is 428 g/mol. The molecule has 2 heterocycles. The fourth-order valence-corrected chi connectivity index (χ4v) is 4.69. The molecule has 180 valence electrons. The molecule has 2 unspecified atom stereocenters. The van der Waals surface area contributed by atoms with Gasteiger partial charge in [0.15, 0.2) is 0 Å². The van der Waals surface area contributed by atoms with Crippen molar-refractivity contribution in [2.24, 2.45) is 0 Å². The Morgan fingerprint density at radius 3 is 2.59 bits per heavy atom. The molecule has 1 fully saturated rings. The Kier molecular flexibility index (Phi) is 7.95. The molecule has 1 saturated heterocycles. The number of ether oxygens (including phenoxy) is 1. The summed E-state index contributed by atoms with van der Waals surface area (Å²) >= 11 is 0. The van der Waals surface area contributed by atoms with Crippen molar-refractivity contribution in [3.63, 3.8) is 0 Å². The Morgan fingerprint density at radius 1 is 1.12 bits per heavy atom. The number of amides is 1. The molecule has 0 bridgehead atoms. The lowest BCUT2D eigenvalue weighted by atomic mass is 9.85. The number of nitrogens with one attached hydrogen (secondary N) is 1. The van der Waals surface area contributed by atoms with Crippen LogP contribution in [0.2, 0.25) is 0 Å². The minimum Gasteiger partial charge on any atom is -0.497 e. The lowest BCUT2D eigenvalue weighted by Gasteiger charge is -2.30. The van der Waals surface area contributed by atoms with E-state index >= 15 is 0 Å². The van der Waals surface area contributed by atoms with E-state index in [2.05, 4.69) is 53.6 Å². The van der Waals surface area contributed by atoms with E-state index in [0.717, 1.165) is 45.3 Å². The summed E-state index contributed by atoms with van der Waals surface area (Å²) in [6.45, 7) is 6.51. The molecule has 0 spiro atoms. The zero-order chi connectivity index (χ0) is 23.9. The van der Waals surface area contributed by atoms with E-state index in [-0.39, 0.29) is 17.9 Å². The Balaban J connectivity index is 1.63. The first-order valence-electron chi connectivity index (χ1n) is 12.2. The van der Waals surface area contributed by atoms with Gasteiger partial charge in [-0.3, -0.25) is 4.79 Å². The monoisotopic (exact) mass is 462 g/mol. The minimum absolute atomic E-state index is 0.0123. The highest BCUT2D eigenvalue weighted by Gasteiger charge is 2.32. The van der Waals surface area contributed by atoms with E-state index in [1.807, 2.05) is 23.1 Å². The van der Waals surface area contributed by atoms with Crippen LogP contribution in [-0.4, -0.2) is 47.7 Å². The predicted octanol–water partition coefficient (Wildman–Crippen LogP) is 5.22. The number of benzene rings is 2. The van der Waals surface area contributed by atoms with Crippen LogP contribution in [0.3, 0.4) is 0 Å². The van der Waals surface area contributed by atoms with Crippen LogP contribution in [0.5, 0.6) is 5.75 Å². The molecule has 0 aliphatic carbocycles. The Labute approximate surface area is 201 Å². The summed E-state index contributed by atoms with van der Waals surface area (Å²) in [5.74, 6) is 1.80. The largest absolute Gasteiger partial charge is 0.497 e. The van der Waals surface area contributed by atoms with E-state index in [4.69, 9.17) is 9.15 Å². The van der Waals surface area contributed by atoms with Gasteiger partial charge in [-0.1, -0.05) is 44.2 Å². The van der Waals surface area contributed by atoms with Crippen LogP contribution < -0.4 is 10.1 Å². The summed E-state index contributed by atoms with van der Waals surface area (Å²) in [5, 5.41) is 12.3. The van der Waals surface area contributed by atoms with Crippen molar-refractivity contribution in [1.82, 2.24) is 20.4 Å². The van der Waals surface area contributed by atoms with Gasteiger partial charge in [0.25, 0.3) is 5.91 Å². The lowest BCUT2D eigenvalue weighted by Crippen LogP contribution is -2.33. The normalized spacial score (nSPS) is 18.0. The molecule has 34 heavy (non-hydrogen) atoms. The van der Waals surface area contributed by atoms with Gasteiger partial charge in [0.1, 0.15) is 5.75 Å². The zero-order valence-corrected chi connectivity index (χ0v) is 20.3. The molecular formula is C27H34N4O3. The van der Waals surface area contributed by atoms with Crippen LogP contribution >= 0.6 is 0 Å². The standard InChI is InChI=1S/C27H34N4O3/c1-4-14-31(15-5-2)27(32)21-16-20(17-22(18-21)33-3)25-29-30-26(34-25)24-23(12-9-13-28-24)19-10-7-6-8-11-19/h6-8,10-11,16-18,23-24,28H,4-5,9,12-15H2,1-3H3. The van der Waals surface area contributed by atoms with Crippen LogP contribution in [0, 0.1) is 0 Å². The fraction of sp³-hybridized carbons (Fsp3) is 0.444. The maximum atomic E-state index is 13.2. The topological polar surface area (TPSA) is 80.5 Å². The van der Waals surface area contributed by atoms with E-state index in [9.17, 15) is 4.79 Å². The predicted molar refractivity (Wildman–Crippen MR) is 132 cm³/mol. The number of hydrogen-bond donors (Lipinski definition) is 1. The molecule has 1 aliphatic heterocycles. The number of rotatable bonds is 9. The van der Waals surface area contributed by atoms with Crippen molar-refractivity contribution in [3.8, 4) is 17.2 Å². The highest BCUT2D eigenvalue weighted by Crippen LogP contribution is 2.37. The summed E-state index contributed by atoms with van der Waals surface area (Å²) in [4.78, 5) is 15.1. The maximum Gasteiger partial charge on any atom is 0.254 e. The first kappa shape index (κ1) is 24.0. The summed E-state index contributed by atoms with van der Waals surface area (Å²) < 4.78 is 11.7. The third-order valence-electron chi connectivity index (χ3n) is 6.30. The van der Waals surface area contributed by atoms with Gasteiger partial charge in [-0.15, -0.1) is 10.2 Å². The highest BCUT2D eigenvalue weighted by molar-refractivity contribution is 5.95. The molecule has 3 aromatic rings. The van der Waals surface area contributed by atoms with Crippen molar-refractivity contribution in [1.29, 1.82) is 0 Å². The second-order valence-electron chi connectivity index (χ2n) is 8.78. The number of aromatic nitrogens is 2. The third kappa shape index (κ3) is 5.30. The first-order valence-corrected chi connectivity index (χ1v) is 12.2. The first-order chi connectivity index (χ1) is 16.6. The average molecular weight is 463 g/mol. The van der Waals surface area contributed by atoms with Crippen molar-refractivity contribution >= 4 is 5.91 Å². The minimum atomic E-state index is -0.0475. The number of piperidine rings is 1. The second kappa shape index (κ2) is 11.3. The van der Waals surface area contributed by atoms with Gasteiger partial charge in [0, 0.05) is 30.1 Å². The number of nitrogens with zero attached hydrogens (tertiary/aromatic N) is 3. The number of carbonyl (C=O) groups excluding carboxylic acids is 1. The zero-order valence-electron chi connectivity index (χ0n) is 20.3. The molecule has 0 saturated carbocycles. The van der Waals surface area contributed by atoms with Gasteiger partial charge in [-0.05, 0) is 56.0 Å². The van der Waals surface area contributed by atoms with E-state index in [0.29, 0.717) is 28.7 Å². The van der Waals surface area contributed by atoms with Gasteiger partial charge in [-0.25, -0.2) is 0 Å². The number of carbonyl (C=O) groups is 1. The van der Waals surface area contributed by atoms with Crippen LogP contribution in [0.15, 0.2) is 52.9 Å². The highest BCUT2D eigenvalue weighted by atomic mass is 16.5. The molecule has 1 amide bonds. The van der Waals surface area contributed by atoms with Crippen molar-refractivity contribution < 1.29 is 13.9 Å². The third-order valence-corrected chi connectivity index (χ3v) is 6.30. The van der Waals surface area contributed by atoms with Gasteiger partial charge in [-0.2, -0.15) is 0 Å². The lowest BCUT2D eigenvalue weighted by molar-refractivity contribution is 0.0755. The van der Waals surface area contributed by atoms with Crippen molar-refractivity contribution in [2.75, 3.05) is 26.7 Å². The number of methoxy groups -OCH3 is 1. The number of hydrogen-bond acceptors (Lipinski definition) is 6. The van der Waals surface area contributed by atoms with Crippen LogP contribution in [-0.2, 0) is 0 Å². The molecule has 2 aromatic carbocycles. The molecule has 1 aliphatic rings. The molecule has 2 atom stereocenters. The summed E-state index contributed by atoms with van der Waals surface area (Å²) in [6.07, 6.45) is 3.98. The molecule has 7 nitrogen and oxygen atoms in total. The van der Waals surface area contributed by atoms with Gasteiger partial charge in [0.2, 0.25) is 11.8 Å². The second-order valence-corrected chi connectivity index (χ2v) is 8.78. The quantitative estimate of drug-likeness (QED) is 0.470. The maximum absolute atomic E-state index is 13.2. The van der Waals surface area contributed by atoms with Crippen LogP contribution in [0.1, 0.15) is 73.3 Å². The fourth-order valence-electron chi connectivity index (χ4n) is 4.69. The van der Waals surface area contributed by atoms with Gasteiger partial charge in [0.05, 0.1) is 13.2 Å². The van der Waals surface area contributed by atoms with E-state index in [1.54, 1.807) is 13.2 Å². The van der Waals surface area contributed by atoms with E-state index in [1.165, 1.54) is 5.56 Å². The SMILES string of the molecule is CCCN(CCC)C(=O)c1cc(OC)cc(-c2nnc(C3NCCCC3c3ccccc3)o2)c1. The molecule has 4 rings (SSSR count). The molecule has 1 N–H and O–H groups in total. The van der Waals surface area contributed by atoms with Crippen LogP contribution in [0.4, 0.5) is 0 Å². The smallest absolute Gasteiger partial charge is 0.254 e. The Hall–Kier alpha value is -3.19. The Bertz CT molecular complexity index is 1080. The van der Waals surface area contributed by atoms with Gasteiger partial charge < -0.3 is 19.4 Å². The van der Waals surface area contributed by atoms with Gasteiger partial charge >= 0.3 is 0 Å². The van der Waals surface area contributed by atoms with Crippen LogP contribution in [0.25, 0.3) is 11.5 Å². The van der Waals surface area contributed by atoms with E-state index < -0.39 is 0 Å². The summed E-state index contributed by atoms with van der Waals surface area (Å²) in [6, 6.07) is 15.9.